The van der Waals surface area contributed by atoms with Gasteiger partial charge in [-0.05, 0) is 37.9 Å². The third-order valence-corrected chi connectivity index (χ3v) is 4.05. The number of carbonyl (C=O) groups is 1. The Balaban J connectivity index is 2.28. The van der Waals surface area contributed by atoms with Gasteiger partial charge in [0.1, 0.15) is 5.60 Å². The van der Waals surface area contributed by atoms with Crippen LogP contribution in [0.3, 0.4) is 0 Å². The van der Waals surface area contributed by atoms with Gasteiger partial charge in [-0.15, -0.1) is 0 Å². The molecule has 1 fully saturated rings. The van der Waals surface area contributed by atoms with E-state index >= 15 is 0 Å². The van der Waals surface area contributed by atoms with Crippen LogP contribution in [0.15, 0.2) is 0 Å². The Morgan fingerprint density at radius 1 is 1.50 bits per heavy atom. The molecule has 1 saturated heterocycles. The summed E-state index contributed by atoms with van der Waals surface area (Å²) in [6, 6.07) is 0. The van der Waals surface area contributed by atoms with Gasteiger partial charge in [0.15, 0.2) is 0 Å². The zero-order chi connectivity index (χ0) is 12.0. The molecule has 0 unspecified atom stereocenters. The standard InChI is InChI=1S/C11H22N2O2S/c1-3-13(2)7-6-12-10(14)11(15)4-8-16-9-5-11/h15H,3-9H2,1-2H3,(H,12,14). The van der Waals surface area contributed by atoms with E-state index in [4.69, 9.17) is 0 Å². The first-order valence-electron chi connectivity index (χ1n) is 5.85. The molecular weight excluding hydrogens is 224 g/mol. The summed E-state index contributed by atoms with van der Waals surface area (Å²) in [5, 5.41) is 12.9. The van der Waals surface area contributed by atoms with Crippen molar-refractivity contribution >= 4 is 17.7 Å². The zero-order valence-electron chi connectivity index (χ0n) is 10.2. The summed E-state index contributed by atoms with van der Waals surface area (Å²) < 4.78 is 0. The average molecular weight is 246 g/mol. The molecule has 94 valence electrons. The maximum atomic E-state index is 11.8. The molecule has 0 radical (unpaired) electrons. The van der Waals surface area contributed by atoms with E-state index in [0.717, 1.165) is 24.6 Å². The second-order valence-electron chi connectivity index (χ2n) is 4.30. The highest BCUT2D eigenvalue weighted by atomic mass is 32.2. The molecule has 0 atom stereocenters. The van der Waals surface area contributed by atoms with Crippen molar-refractivity contribution in [1.82, 2.24) is 10.2 Å². The second kappa shape index (κ2) is 6.47. The Morgan fingerprint density at radius 3 is 2.69 bits per heavy atom. The Kier molecular flexibility index (Phi) is 5.58. The fourth-order valence-electron chi connectivity index (χ4n) is 1.62. The van der Waals surface area contributed by atoms with Crippen molar-refractivity contribution in [2.45, 2.75) is 25.4 Å². The smallest absolute Gasteiger partial charge is 0.252 e. The molecule has 1 amide bonds. The number of hydrogen-bond acceptors (Lipinski definition) is 4. The molecule has 0 aromatic rings. The number of rotatable bonds is 5. The van der Waals surface area contributed by atoms with Crippen LogP contribution in [0.1, 0.15) is 19.8 Å². The lowest BCUT2D eigenvalue weighted by atomic mass is 9.96. The molecule has 0 aromatic heterocycles. The van der Waals surface area contributed by atoms with E-state index in [-0.39, 0.29) is 5.91 Å². The topological polar surface area (TPSA) is 52.6 Å². The van der Waals surface area contributed by atoms with E-state index in [1.807, 2.05) is 7.05 Å². The summed E-state index contributed by atoms with van der Waals surface area (Å²) in [6.07, 6.45) is 1.15. The summed E-state index contributed by atoms with van der Waals surface area (Å²) in [7, 11) is 2.01. The van der Waals surface area contributed by atoms with Gasteiger partial charge in [-0.3, -0.25) is 4.79 Å². The first kappa shape index (κ1) is 13.8. The van der Waals surface area contributed by atoms with Crippen LogP contribution < -0.4 is 5.32 Å². The number of nitrogens with zero attached hydrogens (tertiary/aromatic N) is 1. The van der Waals surface area contributed by atoms with Crippen molar-refractivity contribution in [2.75, 3.05) is 38.2 Å². The average Bonchev–Trinajstić information content (AvgIpc) is 2.29. The van der Waals surface area contributed by atoms with Gasteiger partial charge in [0.05, 0.1) is 0 Å². The van der Waals surface area contributed by atoms with Gasteiger partial charge >= 0.3 is 0 Å². The van der Waals surface area contributed by atoms with Crippen LogP contribution in [0.25, 0.3) is 0 Å². The minimum Gasteiger partial charge on any atom is -0.380 e. The Bertz CT molecular complexity index is 230. The fraction of sp³-hybridized carbons (Fsp3) is 0.909. The van der Waals surface area contributed by atoms with Crippen molar-refractivity contribution in [2.24, 2.45) is 0 Å². The summed E-state index contributed by atoms with van der Waals surface area (Å²) in [5.74, 6) is 1.55. The Hall–Kier alpha value is -0.260. The highest BCUT2D eigenvalue weighted by molar-refractivity contribution is 7.99. The van der Waals surface area contributed by atoms with Crippen LogP contribution in [-0.4, -0.2) is 59.7 Å². The van der Waals surface area contributed by atoms with Gasteiger partial charge in [-0.25, -0.2) is 0 Å². The maximum Gasteiger partial charge on any atom is 0.252 e. The number of likely N-dealkylation sites (N-methyl/N-ethyl adjacent to an activating group) is 1. The second-order valence-corrected chi connectivity index (χ2v) is 5.52. The van der Waals surface area contributed by atoms with Gasteiger partial charge in [0, 0.05) is 13.1 Å². The summed E-state index contributed by atoms with van der Waals surface area (Å²) in [4.78, 5) is 13.9. The van der Waals surface area contributed by atoms with Crippen LogP contribution in [0.2, 0.25) is 0 Å². The molecule has 1 heterocycles. The van der Waals surface area contributed by atoms with Gasteiger partial charge in [-0.2, -0.15) is 11.8 Å². The molecule has 0 saturated carbocycles. The molecule has 4 nitrogen and oxygen atoms in total. The Morgan fingerprint density at radius 2 is 2.12 bits per heavy atom. The van der Waals surface area contributed by atoms with Crippen molar-refractivity contribution in [3.05, 3.63) is 0 Å². The van der Waals surface area contributed by atoms with E-state index in [1.54, 1.807) is 11.8 Å². The number of amides is 1. The van der Waals surface area contributed by atoms with Crippen LogP contribution in [0.4, 0.5) is 0 Å². The number of carbonyl (C=O) groups excluding carboxylic acids is 1. The highest BCUT2D eigenvalue weighted by Crippen LogP contribution is 2.26. The van der Waals surface area contributed by atoms with Crippen molar-refractivity contribution in [1.29, 1.82) is 0 Å². The lowest BCUT2D eigenvalue weighted by Crippen LogP contribution is -2.50. The van der Waals surface area contributed by atoms with Crippen molar-refractivity contribution < 1.29 is 9.90 Å². The van der Waals surface area contributed by atoms with E-state index in [0.29, 0.717) is 19.4 Å². The summed E-state index contributed by atoms with van der Waals surface area (Å²) in [5.41, 5.74) is -1.12. The van der Waals surface area contributed by atoms with E-state index < -0.39 is 5.60 Å². The molecule has 1 aliphatic rings. The fourth-order valence-corrected chi connectivity index (χ4v) is 2.79. The lowest BCUT2D eigenvalue weighted by molar-refractivity contribution is -0.140. The molecule has 16 heavy (non-hydrogen) atoms. The zero-order valence-corrected chi connectivity index (χ0v) is 11.0. The molecule has 0 bridgehead atoms. The molecule has 1 rings (SSSR count). The molecule has 5 heteroatoms. The normalized spacial score (nSPS) is 19.8. The van der Waals surface area contributed by atoms with Crippen molar-refractivity contribution in [3.8, 4) is 0 Å². The molecule has 0 aliphatic carbocycles. The predicted octanol–water partition coefficient (Wildman–Crippen LogP) is 0.312. The third kappa shape index (κ3) is 3.96. The monoisotopic (exact) mass is 246 g/mol. The van der Waals surface area contributed by atoms with E-state index in [1.165, 1.54) is 0 Å². The molecule has 1 aliphatic heterocycles. The van der Waals surface area contributed by atoms with Crippen LogP contribution >= 0.6 is 11.8 Å². The number of hydrogen-bond donors (Lipinski definition) is 2. The lowest BCUT2D eigenvalue weighted by Gasteiger charge is -2.30. The minimum atomic E-state index is -1.12. The van der Waals surface area contributed by atoms with Crippen molar-refractivity contribution in [3.63, 3.8) is 0 Å². The van der Waals surface area contributed by atoms with Gasteiger partial charge in [0.25, 0.3) is 5.91 Å². The number of thioether (sulfide) groups is 1. The molecular formula is C11H22N2O2S. The third-order valence-electron chi connectivity index (χ3n) is 3.06. The van der Waals surface area contributed by atoms with Gasteiger partial charge in [-0.1, -0.05) is 6.92 Å². The molecule has 0 spiro atoms. The summed E-state index contributed by atoms with van der Waals surface area (Å²) >= 11 is 1.80. The first-order valence-corrected chi connectivity index (χ1v) is 7.01. The van der Waals surface area contributed by atoms with Gasteiger partial charge < -0.3 is 15.3 Å². The maximum absolute atomic E-state index is 11.8. The minimum absolute atomic E-state index is 0.197. The van der Waals surface area contributed by atoms with Gasteiger partial charge in [0.2, 0.25) is 0 Å². The predicted molar refractivity (Wildman–Crippen MR) is 67.7 cm³/mol. The number of nitrogens with one attached hydrogen (secondary N) is 1. The van der Waals surface area contributed by atoms with Crippen LogP contribution in [0.5, 0.6) is 0 Å². The first-order chi connectivity index (χ1) is 7.58. The van der Waals surface area contributed by atoms with E-state index in [9.17, 15) is 9.90 Å². The van der Waals surface area contributed by atoms with Crippen LogP contribution in [0, 0.1) is 0 Å². The molecule has 0 aromatic carbocycles. The summed E-state index contributed by atoms with van der Waals surface area (Å²) in [6.45, 7) is 4.48. The number of aliphatic hydroxyl groups is 1. The Labute approximate surface area is 102 Å². The molecule has 2 N–H and O–H groups in total. The van der Waals surface area contributed by atoms with E-state index in [2.05, 4.69) is 17.1 Å². The highest BCUT2D eigenvalue weighted by Gasteiger charge is 2.36. The largest absolute Gasteiger partial charge is 0.380 e. The quantitative estimate of drug-likeness (QED) is 0.733. The van der Waals surface area contributed by atoms with Crippen LogP contribution in [-0.2, 0) is 4.79 Å². The SMILES string of the molecule is CCN(C)CCNC(=O)C1(O)CCSCC1.